The Morgan fingerprint density at radius 1 is 1.11 bits per heavy atom. The second-order valence-electron chi connectivity index (χ2n) is 13.3. The van der Waals surface area contributed by atoms with Crippen LogP contribution in [0.4, 0.5) is 26.3 Å². The molecule has 2 aliphatic rings. The zero-order chi connectivity index (χ0) is 33.2. The molecule has 1 saturated carbocycles. The number of hydrogen-bond donors (Lipinski definition) is 1. The molecule has 0 amide bonds. The second kappa shape index (κ2) is 11.5. The molecule has 0 spiro atoms. The number of imidazole rings is 1. The van der Waals surface area contributed by atoms with Crippen LogP contribution in [0.2, 0.25) is 0 Å². The van der Waals surface area contributed by atoms with Gasteiger partial charge in [-0.2, -0.15) is 13.2 Å². The van der Waals surface area contributed by atoms with Gasteiger partial charge in [0, 0.05) is 56.8 Å². The van der Waals surface area contributed by atoms with Gasteiger partial charge in [0.05, 0.1) is 16.8 Å². The van der Waals surface area contributed by atoms with Gasteiger partial charge >= 0.3 is 11.9 Å². The molecule has 4 aromatic rings. The van der Waals surface area contributed by atoms with Crippen molar-refractivity contribution in [3.63, 3.8) is 0 Å². The van der Waals surface area contributed by atoms with E-state index in [1.807, 2.05) is 7.05 Å². The number of rotatable bonds is 9. The number of halogens is 6. The Kier molecular flexibility index (Phi) is 8.11. The molecule has 2 fully saturated rings. The first-order chi connectivity index (χ1) is 21.6. The topological polar surface area (TPSA) is 72.4 Å². The van der Waals surface area contributed by atoms with E-state index in [-0.39, 0.29) is 41.1 Å². The van der Waals surface area contributed by atoms with Crippen LogP contribution in [0.25, 0.3) is 11.2 Å². The third-order valence-corrected chi connectivity index (χ3v) is 9.63. The molecule has 1 N–H and O–H groups in total. The van der Waals surface area contributed by atoms with Crippen LogP contribution in [0.3, 0.4) is 0 Å². The fourth-order valence-electron chi connectivity index (χ4n) is 7.33. The molecule has 6 rings (SSSR count). The maximum Gasteiger partial charge on any atom is 0.418 e. The maximum absolute atomic E-state index is 16.0. The number of hydrogen-bond acceptors (Lipinski definition) is 5. The van der Waals surface area contributed by atoms with Gasteiger partial charge in [-0.15, -0.1) is 10.2 Å². The summed E-state index contributed by atoms with van der Waals surface area (Å²) in [4.78, 5) is 15.9. The Bertz CT molecular complexity index is 1780. The van der Waals surface area contributed by atoms with Crippen molar-refractivity contribution in [1.29, 1.82) is 0 Å². The van der Waals surface area contributed by atoms with Crippen LogP contribution in [-0.4, -0.2) is 60.7 Å². The summed E-state index contributed by atoms with van der Waals surface area (Å²) < 4.78 is 91.1. The summed E-state index contributed by atoms with van der Waals surface area (Å²) in [5.74, 6) is -2.64. The van der Waals surface area contributed by atoms with E-state index in [2.05, 4.69) is 34.3 Å². The van der Waals surface area contributed by atoms with E-state index in [4.69, 9.17) is 0 Å². The lowest BCUT2D eigenvalue weighted by molar-refractivity contribution is -0.151. The minimum atomic E-state index is -4.76. The summed E-state index contributed by atoms with van der Waals surface area (Å²) in [5, 5.41) is 10.9. The third kappa shape index (κ3) is 5.74. The van der Waals surface area contributed by atoms with E-state index < -0.39 is 47.8 Å². The number of benzene rings is 1. The highest BCUT2D eigenvalue weighted by molar-refractivity contribution is 5.58. The first-order valence-corrected chi connectivity index (χ1v) is 15.3. The molecule has 3 unspecified atom stereocenters. The SMILES string of the molecule is CC(C)C(NCc1cc(C(F)(F)F)c2cn(-c3cccc(C4(C(F)c5nncn5C)CC(F)(F)C4)c3)c(=O)n2c1)C1CCN(C)C1. The molecular weight excluding hydrogens is 612 g/mol. The summed E-state index contributed by atoms with van der Waals surface area (Å²) in [7, 11) is 3.55. The van der Waals surface area contributed by atoms with E-state index in [9.17, 15) is 26.7 Å². The van der Waals surface area contributed by atoms with Gasteiger partial charge in [0.25, 0.3) is 0 Å². The number of alkyl halides is 6. The van der Waals surface area contributed by atoms with Crippen LogP contribution in [0, 0.1) is 11.8 Å². The average molecular weight is 650 g/mol. The van der Waals surface area contributed by atoms with E-state index in [1.165, 1.54) is 48.4 Å². The number of fused-ring (bicyclic) bond motifs is 1. The van der Waals surface area contributed by atoms with Crippen molar-refractivity contribution in [2.75, 3.05) is 20.1 Å². The molecule has 8 nitrogen and oxygen atoms in total. The molecule has 0 bridgehead atoms. The van der Waals surface area contributed by atoms with Crippen LogP contribution in [0.15, 0.2) is 53.8 Å². The Labute approximate surface area is 262 Å². The molecule has 1 aromatic carbocycles. The molecule has 1 saturated heterocycles. The van der Waals surface area contributed by atoms with E-state index in [1.54, 1.807) is 0 Å². The summed E-state index contributed by atoms with van der Waals surface area (Å²) in [6, 6.07) is 6.97. The van der Waals surface area contributed by atoms with Crippen LogP contribution in [-0.2, 0) is 25.2 Å². The number of pyridine rings is 1. The zero-order valence-electron chi connectivity index (χ0n) is 26.0. The molecule has 0 radical (unpaired) electrons. The molecule has 46 heavy (non-hydrogen) atoms. The van der Waals surface area contributed by atoms with Crippen molar-refractivity contribution in [1.82, 2.24) is 33.9 Å². The molecule has 3 aromatic heterocycles. The smallest absolute Gasteiger partial charge is 0.318 e. The Balaban J connectivity index is 1.38. The largest absolute Gasteiger partial charge is 0.418 e. The quantitative estimate of drug-likeness (QED) is 0.237. The number of likely N-dealkylation sites (tertiary alicyclic amines) is 1. The third-order valence-electron chi connectivity index (χ3n) is 9.63. The van der Waals surface area contributed by atoms with Crippen molar-refractivity contribution >= 4 is 5.52 Å². The predicted molar refractivity (Wildman–Crippen MR) is 160 cm³/mol. The van der Waals surface area contributed by atoms with Crippen molar-refractivity contribution in [3.05, 3.63) is 82.1 Å². The number of aromatic nitrogens is 5. The van der Waals surface area contributed by atoms with Crippen LogP contribution < -0.4 is 11.0 Å². The van der Waals surface area contributed by atoms with Crippen LogP contribution in [0.1, 0.15) is 61.8 Å². The fraction of sp³-hybridized carbons (Fsp3) is 0.531. The van der Waals surface area contributed by atoms with Gasteiger partial charge in [0.1, 0.15) is 6.33 Å². The molecule has 14 heteroatoms. The van der Waals surface area contributed by atoms with Crippen molar-refractivity contribution in [3.8, 4) is 5.69 Å². The average Bonchev–Trinajstić information content (AvgIpc) is 3.69. The van der Waals surface area contributed by atoms with Gasteiger partial charge in [0.15, 0.2) is 12.0 Å². The Hall–Kier alpha value is -3.65. The summed E-state index contributed by atoms with van der Waals surface area (Å²) in [6.45, 7) is 6.13. The second-order valence-corrected chi connectivity index (χ2v) is 13.3. The van der Waals surface area contributed by atoms with Crippen molar-refractivity contribution in [2.45, 2.75) is 69.4 Å². The van der Waals surface area contributed by atoms with Crippen molar-refractivity contribution < 1.29 is 26.3 Å². The predicted octanol–water partition coefficient (Wildman–Crippen LogP) is 5.68. The maximum atomic E-state index is 16.0. The van der Waals surface area contributed by atoms with E-state index >= 15 is 4.39 Å². The minimum Gasteiger partial charge on any atom is -0.318 e. The lowest BCUT2D eigenvalue weighted by atomic mass is 9.59. The summed E-state index contributed by atoms with van der Waals surface area (Å²) in [5.41, 5.74) is -3.14. The lowest BCUT2D eigenvalue weighted by Crippen LogP contribution is -2.52. The van der Waals surface area contributed by atoms with Crippen LogP contribution in [0.5, 0.6) is 0 Å². The lowest BCUT2D eigenvalue weighted by Gasteiger charge is -2.49. The Morgan fingerprint density at radius 3 is 2.43 bits per heavy atom. The minimum absolute atomic E-state index is 0.0751. The van der Waals surface area contributed by atoms with Crippen molar-refractivity contribution in [2.24, 2.45) is 18.9 Å². The molecule has 248 valence electrons. The fourth-order valence-corrected chi connectivity index (χ4v) is 7.33. The van der Waals surface area contributed by atoms with Gasteiger partial charge in [-0.3, -0.25) is 8.97 Å². The van der Waals surface area contributed by atoms with Gasteiger partial charge < -0.3 is 14.8 Å². The molecule has 1 aliphatic heterocycles. The van der Waals surface area contributed by atoms with Crippen LogP contribution >= 0.6 is 0 Å². The van der Waals surface area contributed by atoms with Gasteiger partial charge in [-0.25, -0.2) is 18.0 Å². The number of nitrogens with zero attached hydrogens (tertiary/aromatic N) is 6. The van der Waals surface area contributed by atoms with E-state index in [0.29, 0.717) is 11.5 Å². The highest BCUT2D eigenvalue weighted by Crippen LogP contribution is 2.60. The normalized spacial score (nSPS) is 21.2. The molecule has 4 heterocycles. The first-order valence-electron chi connectivity index (χ1n) is 15.3. The van der Waals surface area contributed by atoms with E-state index in [0.717, 1.165) is 40.7 Å². The molecular formula is C32H37F6N7O. The molecule has 3 atom stereocenters. The highest BCUT2D eigenvalue weighted by atomic mass is 19.4. The van der Waals surface area contributed by atoms with Gasteiger partial charge in [-0.05, 0) is 61.2 Å². The number of aryl methyl sites for hydroxylation is 1. The monoisotopic (exact) mass is 649 g/mol. The Morgan fingerprint density at radius 2 is 1.85 bits per heavy atom. The first kappa shape index (κ1) is 32.3. The zero-order valence-corrected chi connectivity index (χ0v) is 26.0. The summed E-state index contributed by atoms with van der Waals surface area (Å²) >= 11 is 0. The number of nitrogens with one attached hydrogen (secondary N) is 1. The standard InChI is InChI=1S/C32H37F6N7O/c1-19(2)26(21-8-9-42(3)14-21)39-12-20-10-24(32(36,37)38)25-15-44(29(46)45(25)13-20)23-7-5-6-22(11-23)30(16-31(34,35)17-30)27(33)28-41-40-18-43(28)4/h5-7,10-11,13,15,18-19,21,26-27,39H,8-9,12,14,16-17H2,1-4H3. The van der Waals surface area contributed by atoms with Gasteiger partial charge in [-0.1, -0.05) is 26.0 Å². The summed E-state index contributed by atoms with van der Waals surface area (Å²) in [6.07, 6.45) is -3.55. The van der Waals surface area contributed by atoms with Gasteiger partial charge in [0.2, 0.25) is 5.92 Å². The highest BCUT2D eigenvalue weighted by Gasteiger charge is 2.62. The molecule has 1 aliphatic carbocycles.